The Bertz CT molecular complexity index is 612. The number of nitrogens with zero attached hydrogens (tertiary/aromatic N) is 4. The molecular formula is C14H19ClN4O. The number of rotatable bonds is 4. The molecule has 1 aliphatic rings. The van der Waals surface area contributed by atoms with Crippen LogP contribution >= 0.6 is 11.6 Å². The zero-order chi connectivity index (χ0) is 14.1. The lowest BCUT2D eigenvalue weighted by Crippen LogP contribution is -2.18. The first-order valence-electron chi connectivity index (χ1n) is 6.89. The summed E-state index contributed by atoms with van der Waals surface area (Å²) in [6.45, 7) is 2.13. The van der Waals surface area contributed by atoms with Gasteiger partial charge < -0.3 is 14.2 Å². The second kappa shape index (κ2) is 5.58. The molecule has 5 nitrogen and oxygen atoms in total. The Hall–Kier alpha value is -1.33. The molecule has 2 aromatic heterocycles. The predicted octanol–water partition coefficient (Wildman–Crippen LogP) is 2.10. The highest BCUT2D eigenvalue weighted by molar-refractivity contribution is 6.17. The van der Waals surface area contributed by atoms with Crippen molar-refractivity contribution in [1.29, 1.82) is 0 Å². The number of alkyl halides is 1. The molecule has 0 bridgehead atoms. The molecule has 0 N–H and O–H groups in total. The van der Waals surface area contributed by atoms with Crippen LogP contribution in [0.5, 0.6) is 5.88 Å². The van der Waals surface area contributed by atoms with E-state index < -0.39 is 0 Å². The zero-order valence-corrected chi connectivity index (χ0v) is 12.6. The van der Waals surface area contributed by atoms with Gasteiger partial charge in [0.1, 0.15) is 11.3 Å². The van der Waals surface area contributed by atoms with Crippen molar-refractivity contribution in [3.8, 4) is 5.88 Å². The fourth-order valence-corrected chi connectivity index (χ4v) is 3.05. The van der Waals surface area contributed by atoms with Gasteiger partial charge in [-0.1, -0.05) is 0 Å². The SMILES string of the molecule is COc1ccc2nc(CCCl)n(C3CCN(C)C3)c2n1. The molecule has 3 heterocycles. The summed E-state index contributed by atoms with van der Waals surface area (Å²) >= 11 is 5.92. The molecule has 0 spiro atoms. The minimum atomic E-state index is 0.419. The summed E-state index contributed by atoms with van der Waals surface area (Å²) in [5.74, 6) is 2.22. The van der Waals surface area contributed by atoms with Gasteiger partial charge in [-0.2, -0.15) is 4.98 Å². The van der Waals surface area contributed by atoms with Crippen LogP contribution in [0.1, 0.15) is 18.3 Å². The maximum absolute atomic E-state index is 5.92. The number of aryl methyl sites for hydroxylation is 1. The Labute approximate surface area is 123 Å². The molecule has 0 saturated carbocycles. The predicted molar refractivity (Wildman–Crippen MR) is 79.7 cm³/mol. The van der Waals surface area contributed by atoms with E-state index in [0.717, 1.165) is 42.9 Å². The van der Waals surface area contributed by atoms with Crippen LogP contribution in [-0.2, 0) is 6.42 Å². The van der Waals surface area contributed by atoms with Crippen LogP contribution in [0.4, 0.5) is 0 Å². The van der Waals surface area contributed by atoms with E-state index in [2.05, 4.69) is 26.5 Å². The Morgan fingerprint density at radius 1 is 1.40 bits per heavy atom. The summed E-state index contributed by atoms with van der Waals surface area (Å²) in [6.07, 6.45) is 1.89. The largest absolute Gasteiger partial charge is 0.481 e. The van der Waals surface area contributed by atoms with Gasteiger partial charge in [0.25, 0.3) is 0 Å². The molecule has 108 valence electrons. The third kappa shape index (κ3) is 2.36. The first-order valence-corrected chi connectivity index (χ1v) is 7.42. The van der Waals surface area contributed by atoms with E-state index in [1.807, 2.05) is 12.1 Å². The second-order valence-corrected chi connectivity index (χ2v) is 5.62. The lowest BCUT2D eigenvalue weighted by atomic mass is 10.2. The number of pyridine rings is 1. The van der Waals surface area contributed by atoms with Gasteiger partial charge in [-0.3, -0.25) is 0 Å². The molecule has 2 aromatic rings. The van der Waals surface area contributed by atoms with Crippen molar-refractivity contribution in [2.24, 2.45) is 0 Å². The van der Waals surface area contributed by atoms with Crippen molar-refractivity contribution in [1.82, 2.24) is 19.4 Å². The smallest absolute Gasteiger partial charge is 0.215 e. The van der Waals surface area contributed by atoms with Crippen LogP contribution < -0.4 is 4.74 Å². The number of ether oxygens (including phenoxy) is 1. The number of aromatic nitrogens is 3. The molecular weight excluding hydrogens is 276 g/mol. The summed E-state index contributed by atoms with van der Waals surface area (Å²) in [4.78, 5) is 11.6. The number of imidazole rings is 1. The van der Waals surface area contributed by atoms with Crippen molar-refractivity contribution in [2.45, 2.75) is 18.9 Å². The van der Waals surface area contributed by atoms with Gasteiger partial charge in [0.15, 0.2) is 5.65 Å². The Morgan fingerprint density at radius 2 is 2.25 bits per heavy atom. The molecule has 1 fully saturated rings. The average Bonchev–Trinajstić information content (AvgIpc) is 3.01. The molecule has 0 aromatic carbocycles. The maximum atomic E-state index is 5.92. The van der Waals surface area contributed by atoms with Crippen LogP contribution in [-0.4, -0.2) is 52.6 Å². The summed E-state index contributed by atoms with van der Waals surface area (Å²) in [6, 6.07) is 4.24. The third-order valence-electron chi connectivity index (χ3n) is 3.84. The monoisotopic (exact) mass is 294 g/mol. The minimum absolute atomic E-state index is 0.419. The lowest BCUT2D eigenvalue weighted by molar-refractivity contribution is 0.388. The quantitative estimate of drug-likeness (QED) is 0.810. The summed E-state index contributed by atoms with van der Waals surface area (Å²) in [7, 11) is 3.78. The van der Waals surface area contributed by atoms with Crippen LogP contribution in [0, 0.1) is 0 Å². The topological polar surface area (TPSA) is 43.2 Å². The molecule has 20 heavy (non-hydrogen) atoms. The molecule has 0 amide bonds. The van der Waals surface area contributed by atoms with E-state index in [0.29, 0.717) is 17.8 Å². The zero-order valence-electron chi connectivity index (χ0n) is 11.8. The Morgan fingerprint density at radius 3 is 2.90 bits per heavy atom. The summed E-state index contributed by atoms with van der Waals surface area (Å²) in [5.41, 5.74) is 1.82. The molecule has 1 aliphatic heterocycles. The molecule has 1 atom stereocenters. The van der Waals surface area contributed by atoms with Gasteiger partial charge in [-0.05, 0) is 26.1 Å². The van der Waals surface area contributed by atoms with E-state index >= 15 is 0 Å². The van der Waals surface area contributed by atoms with Crippen LogP contribution in [0.3, 0.4) is 0 Å². The standard InChI is InChI=1S/C14H19ClN4O/c1-18-8-6-10(9-18)19-12(5-7-15)16-11-3-4-13(20-2)17-14(11)19/h3-4,10H,5-9H2,1-2H3. The number of fused-ring (bicyclic) bond motifs is 1. The van der Waals surface area contributed by atoms with Crippen molar-refractivity contribution in [3.05, 3.63) is 18.0 Å². The number of halogens is 1. The van der Waals surface area contributed by atoms with Crippen LogP contribution in [0.2, 0.25) is 0 Å². The van der Waals surface area contributed by atoms with Crippen molar-refractivity contribution in [3.63, 3.8) is 0 Å². The van der Waals surface area contributed by atoms with Gasteiger partial charge in [-0.25, -0.2) is 4.98 Å². The highest BCUT2D eigenvalue weighted by Crippen LogP contribution is 2.28. The number of hydrogen-bond acceptors (Lipinski definition) is 4. The van der Waals surface area contributed by atoms with Crippen molar-refractivity contribution < 1.29 is 4.74 Å². The van der Waals surface area contributed by atoms with Crippen molar-refractivity contribution >= 4 is 22.8 Å². The Balaban J connectivity index is 2.11. The van der Waals surface area contributed by atoms with E-state index in [-0.39, 0.29) is 0 Å². The Kier molecular flexibility index (Phi) is 3.81. The van der Waals surface area contributed by atoms with E-state index in [4.69, 9.17) is 16.3 Å². The minimum Gasteiger partial charge on any atom is -0.481 e. The lowest BCUT2D eigenvalue weighted by Gasteiger charge is -2.16. The van der Waals surface area contributed by atoms with Crippen LogP contribution in [0.15, 0.2) is 12.1 Å². The molecule has 1 saturated heterocycles. The second-order valence-electron chi connectivity index (χ2n) is 5.24. The first kappa shape index (κ1) is 13.6. The number of hydrogen-bond donors (Lipinski definition) is 0. The maximum Gasteiger partial charge on any atom is 0.215 e. The fraction of sp³-hybridized carbons (Fsp3) is 0.571. The third-order valence-corrected chi connectivity index (χ3v) is 4.03. The molecule has 3 rings (SSSR count). The highest BCUT2D eigenvalue weighted by Gasteiger charge is 2.26. The van der Waals surface area contributed by atoms with Crippen molar-refractivity contribution in [2.75, 3.05) is 33.1 Å². The first-order chi connectivity index (χ1) is 9.72. The molecule has 1 unspecified atom stereocenters. The number of likely N-dealkylation sites (tertiary alicyclic amines) is 1. The van der Waals surface area contributed by atoms with Gasteiger partial charge in [0.2, 0.25) is 5.88 Å². The van der Waals surface area contributed by atoms with E-state index in [1.165, 1.54) is 0 Å². The molecule has 6 heteroatoms. The number of methoxy groups -OCH3 is 1. The highest BCUT2D eigenvalue weighted by atomic mass is 35.5. The number of likely N-dealkylation sites (N-methyl/N-ethyl adjacent to an activating group) is 1. The van der Waals surface area contributed by atoms with Gasteiger partial charge in [0, 0.05) is 24.9 Å². The molecule has 0 aliphatic carbocycles. The normalized spacial score (nSPS) is 19.9. The van der Waals surface area contributed by atoms with Gasteiger partial charge >= 0.3 is 0 Å². The summed E-state index contributed by atoms with van der Waals surface area (Å²) in [5, 5.41) is 0. The summed E-state index contributed by atoms with van der Waals surface area (Å²) < 4.78 is 7.50. The molecule has 0 radical (unpaired) electrons. The van der Waals surface area contributed by atoms with E-state index in [1.54, 1.807) is 7.11 Å². The van der Waals surface area contributed by atoms with Gasteiger partial charge in [0.05, 0.1) is 13.2 Å². The van der Waals surface area contributed by atoms with E-state index in [9.17, 15) is 0 Å². The average molecular weight is 295 g/mol. The van der Waals surface area contributed by atoms with Gasteiger partial charge in [-0.15, -0.1) is 11.6 Å². The fourth-order valence-electron chi connectivity index (χ4n) is 2.88. The van der Waals surface area contributed by atoms with Crippen LogP contribution in [0.25, 0.3) is 11.2 Å².